The molecule has 1 rings (SSSR count). The van der Waals surface area contributed by atoms with Crippen LogP contribution in [-0.2, 0) is 22.6 Å². The molecule has 0 aliphatic heterocycles. The van der Waals surface area contributed by atoms with Crippen molar-refractivity contribution in [2.75, 3.05) is 24.6 Å². The second-order valence-corrected chi connectivity index (χ2v) is 7.53. The normalized spacial score (nSPS) is 13.0. The summed E-state index contributed by atoms with van der Waals surface area (Å²) in [7, 11) is -3.09. The Labute approximate surface area is 140 Å². The molecule has 0 aliphatic rings. The van der Waals surface area contributed by atoms with Gasteiger partial charge in [0, 0.05) is 18.8 Å². The van der Waals surface area contributed by atoms with Crippen LogP contribution in [0.2, 0.25) is 0 Å². The number of rotatable bonds is 7. The van der Waals surface area contributed by atoms with Gasteiger partial charge in [0.25, 0.3) is 0 Å². The van der Waals surface area contributed by atoms with E-state index in [1.807, 2.05) is 6.92 Å². The molecule has 1 aromatic rings. The van der Waals surface area contributed by atoms with Crippen LogP contribution in [0.15, 0.2) is 29.3 Å². The molecule has 0 atom stereocenters. The molecule has 0 bridgehead atoms. The van der Waals surface area contributed by atoms with E-state index in [0.29, 0.717) is 18.1 Å². The van der Waals surface area contributed by atoms with Gasteiger partial charge in [-0.25, -0.2) is 13.4 Å². The Morgan fingerprint density at radius 3 is 2.50 bits per heavy atom. The lowest BCUT2D eigenvalue weighted by Crippen LogP contribution is -2.39. The molecule has 0 amide bonds. The van der Waals surface area contributed by atoms with E-state index in [-0.39, 0.29) is 24.6 Å². The quantitative estimate of drug-likeness (QED) is 0.574. The van der Waals surface area contributed by atoms with Crippen LogP contribution in [0.4, 0.5) is 13.2 Å². The molecular formula is C15H22F3N3O2S. The Morgan fingerprint density at radius 2 is 1.92 bits per heavy atom. The molecule has 136 valence electrons. The van der Waals surface area contributed by atoms with E-state index in [0.717, 1.165) is 12.1 Å². The van der Waals surface area contributed by atoms with Gasteiger partial charge in [0.05, 0.1) is 17.9 Å². The summed E-state index contributed by atoms with van der Waals surface area (Å²) >= 11 is 0. The molecule has 24 heavy (non-hydrogen) atoms. The number of guanidine groups is 1. The molecule has 0 aromatic heterocycles. The van der Waals surface area contributed by atoms with Crippen molar-refractivity contribution in [2.24, 2.45) is 4.99 Å². The van der Waals surface area contributed by atoms with Crippen molar-refractivity contribution in [2.45, 2.75) is 26.6 Å². The van der Waals surface area contributed by atoms with Crippen LogP contribution in [0.1, 0.15) is 25.0 Å². The van der Waals surface area contributed by atoms with Gasteiger partial charge in [0.1, 0.15) is 0 Å². The summed E-state index contributed by atoms with van der Waals surface area (Å²) in [4.78, 5) is 4.18. The third kappa shape index (κ3) is 7.20. The fourth-order valence-corrected chi connectivity index (χ4v) is 2.53. The summed E-state index contributed by atoms with van der Waals surface area (Å²) in [5.41, 5.74) is -0.301. The number of nitrogens with zero attached hydrogens (tertiary/aromatic N) is 1. The average molecular weight is 365 g/mol. The standard InChI is InChI=1S/C15H22F3N3O2S/c1-3-19-14(20-8-9-24(22,23)4-2)21-11-12-6-5-7-13(10-12)15(16,17)18/h5-7,10H,3-4,8-9,11H2,1-2H3,(H2,19,20,21). The summed E-state index contributed by atoms with van der Waals surface area (Å²) in [6, 6.07) is 4.95. The van der Waals surface area contributed by atoms with Crippen molar-refractivity contribution >= 4 is 15.8 Å². The first-order chi connectivity index (χ1) is 11.2. The van der Waals surface area contributed by atoms with Crippen LogP contribution < -0.4 is 10.6 Å². The van der Waals surface area contributed by atoms with Crippen LogP contribution in [0.3, 0.4) is 0 Å². The van der Waals surface area contributed by atoms with Crippen molar-refractivity contribution in [3.8, 4) is 0 Å². The average Bonchev–Trinajstić information content (AvgIpc) is 2.52. The van der Waals surface area contributed by atoms with Gasteiger partial charge in [-0.1, -0.05) is 19.1 Å². The molecule has 0 fully saturated rings. The topological polar surface area (TPSA) is 70.6 Å². The van der Waals surface area contributed by atoms with Crippen LogP contribution in [0.5, 0.6) is 0 Å². The summed E-state index contributed by atoms with van der Waals surface area (Å²) in [6.07, 6.45) is -4.39. The molecule has 0 radical (unpaired) electrons. The Balaban J connectivity index is 2.72. The maximum absolute atomic E-state index is 12.7. The first-order valence-corrected chi connectivity index (χ1v) is 9.39. The van der Waals surface area contributed by atoms with E-state index in [1.165, 1.54) is 6.07 Å². The summed E-state index contributed by atoms with van der Waals surface area (Å²) in [6.45, 7) is 4.20. The maximum atomic E-state index is 12.7. The summed E-state index contributed by atoms with van der Waals surface area (Å²) < 4.78 is 60.9. The molecule has 5 nitrogen and oxygen atoms in total. The zero-order valence-corrected chi connectivity index (χ0v) is 14.5. The zero-order chi connectivity index (χ0) is 18.2. The predicted molar refractivity (Wildman–Crippen MR) is 88.6 cm³/mol. The van der Waals surface area contributed by atoms with E-state index >= 15 is 0 Å². The lowest BCUT2D eigenvalue weighted by atomic mass is 10.1. The lowest BCUT2D eigenvalue weighted by Gasteiger charge is -2.12. The summed E-state index contributed by atoms with van der Waals surface area (Å²) in [5.74, 6) is 0.394. The van der Waals surface area contributed by atoms with E-state index < -0.39 is 21.6 Å². The van der Waals surface area contributed by atoms with Gasteiger partial charge in [-0.05, 0) is 24.6 Å². The first-order valence-electron chi connectivity index (χ1n) is 7.56. The highest BCUT2D eigenvalue weighted by molar-refractivity contribution is 7.91. The molecule has 0 unspecified atom stereocenters. The summed E-state index contributed by atoms with van der Waals surface area (Å²) in [5, 5.41) is 5.79. The van der Waals surface area contributed by atoms with Gasteiger partial charge >= 0.3 is 6.18 Å². The minimum atomic E-state index is -4.39. The number of alkyl halides is 3. The van der Waals surface area contributed by atoms with Crippen molar-refractivity contribution in [1.29, 1.82) is 0 Å². The Hall–Kier alpha value is -1.77. The van der Waals surface area contributed by atoms with Crippen LogP contribution >= 0.6 is 0 Å². The van der Waals surface area contributed by atoms with Crippen molar-refractivity contribution in [1.82, 2.24) is 10.6 Å². The Kier molecular flexibility index (Phi) is 7.53. The van der Waals surface area contributed by atoms with Crippen molar-refractivity contribution in [3.63, 3.8) is 0 Å². The van der Waals surface area contributed by atoms with Crippen LogP contribution in [0.25, 0.3) is 0 Å². The van der Waals surface area contributed by atoms with E-state index in [9.17, 15) is 21.6 Å². The third-order valence-electron chi connectivity index (χ3n) is 3.16. The number of hydrogen-bond donors (Lipinski definition) is 2. The van der Waals surface area contributed by atoms with Gasteiger partial charge in [0.15, 0.2) is 15.8 Å². The van der Waals surface area contributed by atoms with Crippen molar-refractivity contribution in [3.05, 3.63) is 35.4 Å². The number of nitrogens with one attached hydrogen (secondary N) is 2. The molecule has 0 saturated heterocycles. The fraction of sp³-hybridized carbons (Fsp3) is 0.533. The molecular weight excluding hydrogens is 343 g/mol. The minimum absolute atomic E-state index is 0.0303. The SMILES string of the molecule is CCNC(=NCc1cccc(C(F)(F)F)c1)NCCS(=O)(=O)CC. The second-order valence-electron chi connectivity index (χ2n) is 5.06. The predicted octanol–water partition coefficient (Wildman–Crippen LogP) is 2.20. The van der Waals surface area contributed by atoms with Crippen molar-refractivity contribution < 1.29 is 21.6 Å². The molecule has 0 spiro atoms. The van der Waals surface area contributed by atoms with E-state index in [4.69, 9.17) is 0 Å². The first kappa shape index (κ1) is 20.3. The number of halogens is 3. The number of hydrogen-bond acceptors (Lipinski definition) is 3. The molecule has 0 aliphatic carbocycles. The zero-order valence-electron chi connectivity index (χ0n) is 13.7. The largest absolute Gasteiger partial charge is 0.416 e. The Morgan fingerprint density at radius 1 is 1.21 bits per heavy atom. The minimum Gasteiger partial charge on any atom is -0.357 e. The molecule has 9 heteroatoms. The molecule has 2 N–H and O–H groups in total. The number of benzene rings is 1. The number of sulfone groups is 1. The third-order valence-corrected chi connectivity index (χ3v) is 4.87. The highest BCUT2D eigenvalue weighted by atomic mass is 32.2. The van der Waals surface area contributed by atoms with Crippen LogP contribution in [-0.4, -0.2) is 39.0 Å². The van der Waals surface area contributed by atoms with Gasteiger partial charge in [-0.15, -0.1) is 0 Å². The van der Waals surface area contributed by atoms with Gasteiger partial charge < -0.3 is 10.6 Å². The maximum Gasteiger partial charge on any atom is 0.416 e. The fourth-order valence-electron chi connectivity index (χ4n) is 1.83. The lowest BCUT2D eigenvalue weighted by molar-refractivity contribution is -0.137. The second kappa shape index (κ2) is 8.91. The number of aliphatic imine (C=N–C) groups is 1. The molecule has 1 aromatic carbocycles. The van der Waals surface area contributed by atoms with E-state index in [1.54, 1.807) is 13.0 Å². The molecule has 0 heterocycles. The highest BCUT2D eigenvalue weighted by Crippen LogP contribution is 2.29. The molecule has 0 saturated carbocycles. The highest BCUT2D eigenvalue weighted by Gasteiger charge is 2.30. The monoisotopic (exact) mass is 365 g/mol. The van der Waals surface area contributed by atoms with E-state index in [2.05, 4.69) is 15.6 Å². The Bertz CT molecular complexity index is 658. The van der Waals surface area contributed by atoms with Gasteiger partial charge in [-0.3, -0.25) is 0 Å². The van der Waals surface area contributed by atoms with Crippen LogP contribution in [0, 0.1) is 0 Å². The van der Waals surface area contributed by atoms with Gasteiger partial charge in [0.2, 0.25) is 0 Å². The smallest absolute Gasteiger partial charge is 0.357 e. The van der Waals surface area contributed by atoms with Gasteiger partial charge in [-0.2, -0.15) is 13.2 Å².